The lowest BCUT2D eigenvalue weighted by Gasteiger charge is -2.23. The van der Waals surface area contributed by atoms with E-state index in [2.05, 4.69) is 16.2 Å². The van der Waals surface area contributed by atoms with E-state index in [9.17, 15) is 4.79 Å². The van der Waals surface area contributed by atoms with E-state index in [4.69, 9.17) is 14.2 Å². The number of fused-ring (bicyclic) bond motifs is 1. The van der Waals surface area contributed by atoms with Crippen molar-refractivity contribution in [2.75, 3.05) is 39.5 Å². The molecule has 0 spiro atoms. The second-order valence-electron chi connectivity index (χ2n) is 6.49. The molecule has 0 bridgehead atoms. The van der Waals surface area contributed by atoms with E-state index in [-0.39, 0.29) is 17.9 Å². The van der Waals surface area contributed by atoms with Crippen LogP contribution in [0.3, 0.4) is 0 Å². The van der Waals surface area contributed by atoms with Crippen LogP contribution in [0.15, 0.2) is 18.2 Å². The molecule has 3 N–H and O–H groups in total. The molecule has 3 aliphatic heterocycles. The van der Waals surface area contributed by atoms with Crippen LogP contribution in [0, 0.1) is 11.8 Å². The molecule has 130 valence electrons. The predicted molar refractivity (Wildman–Crippen MR) is 86.7 cm³/mol. The van der Waals surface area contributed by atoms with Gasteiger partial charge in [0.1, 0.15) is 13.2 Å². The van der Waals surface area contributed by atoms with Gasteiger partial charge in [0.05, 0.1) is 18.6 Å². The van der Waals surface area contributed by atoms with Gasteiger partial charge < -0.3 is 19.5 Å². The third-order valence-corrected chi connectivity index (χ3v) is 4.83. The Morgan fingerprint density at radius 3 is 2.92 bits per heavy atom. The van der Waals surface area contributed by atoms with Crippen molar-refractivity contribution in [3.8, 4) is 11.5 Å². The van der Waals surface area contributed by atoms with Crippen molar-refractivity contribution in [3.05, 3.63) is 23.8 Å². The van der Waals surface area contributed by atoms with Gasteiger partial charge in [-0.2, -0.15) is 0 Å². The Labute approximate surface area is 141 Å². The molecule has 2 fully saturated rings. The van der Waals surface area contributed by atoms with Crippen molar-refractivity contribution >= 4 is 5.91 Å². The lowest BCUT2D eigenvalue weighted by Crippen LogP contribution is -2.37. The Bertz CT molecular complexity index is 603. The van der Waals surface area contributed by atoms with E-state index in [0.29, 0.717) is 32.2 Å². The van der Waals surface area contributed by atoms with Crippen LogP contribution in [0.25, 0.3) is 0 Å². The first-order valence-electron chi connectivity index (χ1n) is 8.54. The highest BCUT2D eigenvalue weighted by Gasteiger charge is 2.35. The molecule has 3 aliphatic rings. The molecule has 0 aliphatic carbocycles. The van der Waals surface area contributed by atoms with Gasteiger partial charge in [-0.15, -0.1) is 0 Å². The Kier molecular flexibility index (Phi) is 4.55. The number of amides is 1. The minimum absolute atomic E-state index is 0.0688. The highest BCUT2D eigenvalue weighted by molar-refractivity contribution is 5.80. The minimum atomic E-state index is -0.158. The van der Waals surface area contributed by atoms with Gasteiger partial charge in [-0.3, -0.25) is 10.2 Å². The van der Waals surface area contributed by atoms with E-state index in [1.165, 1.54) is 0 Å². The maximum Gasteiger partial charge on any atom is 0.226 e. The van der Waals surface area contributed by atoms with E-state index >= 15 is 0 Å². The van der Waals surface area contributed by atoms with Crippen LogP contribution in [0.1, 0.15) is 18.0 Å². The Morgan fingerprint density at radius 1 is 1.21 bits per heavy atom. The van der Waals surface area contributed by atoms with Gasteiger partial charge in [0.25, 0.3) is 0 Å². The van der Waals surface area contributed by atoms with Crippen LogP contribution in [0.4, 0.5) is 0 Å². The number of carbonyl (C=O) groups excluding carboxylic acids is 1. The summed E-state index contributed by atoms with van der Waals surface area (Å²) in [4.78, 5) is 12.6. The zero-order chi connectivity index (χ0) is 16.4. The number of hydrogen-bond donors (Lipinski definition) is 3. The zero-order valence-corrected chi connectivity index (χ0v) is 13.5. The molecule has 1 aromatic carbocycles. The second kappa shape index (κ2) is 6.96. The summed E-state index contributed by atoms with van der Waals surface area (Å²) in [7, 11) is 0. The van der Waals surface area contributed by atoms with E-state index < -0.39 is 0 Å². The molecule has 0 aromatic heterocycles. The quantitative estimate of drug-likeness (QED) is 0.739. The van der Waals surface area contributed by atoms with Gasteiger partial charge in [0.2, 0.25) is 5.91 Å². The summed E-state index contributed by atoms with van der Waals surface area (Å²) in [5.41, 5.74) is 7.33. The van der Waals surface area contributed by atoms with Crippen LogP contribution in [-0.4, -0.2) is 45.4 Å². The van der Waals surface area contributed by atoms with Crippen LogP contribution >= 0.6 is 0 Å². The number of ether oxygens (including phenoxy) is 3. The lowest BCUT2D eigenvalue weighted by atomic mass is 9.93. The Balaban J connectivity index is 1.43. The smallest absolute Gasteiger partial charge is 0.226 e. The summed E-state index contributed by atoms with van der Waals surface area (Å²) < 4.78 is 16.6. The third kappa shape index (κ3) is 3.19. The van der Waals surface area contributed by atoms with Gasteiger partial charge in [-0.1, -0.05) is 6.07 Å². The second-order valence-corrected chi connectivity index (χ2v) is 6.49. The number of nitrogens with one attached hydrogen (secondary N) is 3. The minimum Gasteiger partial charge on any atom is -0.486 e. The molecule has 3 atom stereocenters. The molecular formula is C17H23N3O4. The maximum atomic E-state index is 12.6. The summed E-state index contributed by atoms with van der Waals surface area (Å²) in [6.07, 6.45) is 1.02. The molecule has 0 radical (unpaired) electrons. The summed E-state index contributed by atoms with van der Waals surface area (Å²) in [6, 6.07) is 5.78. The highest BCUT2D eigenvalue weighted by atomic mass is 16.6. The SMILES string of the molecule is O=C(NCC1CCOC1)C1CNNC1c1ccc2c(c1)OCCO2. The van der Waals surface area contributed by atoms with E-state index in [1.54, 1.807) is 0 Å². The molecule has 7 nitrogen and oxygen atoms in total. The lowest BCUT2D eigenvalue weighted by molar-refractivity contribution is -0.125. The molecular weight excluding hydrogens is 310 g/mol. The number of rotatable bonds is 4. The van der Waals surface area contributed by atoms with Crippen LogP contribution in [-0.2, 0) is 9.53 Å². The van der Waals surface area contributed by atoms with Crippen molar-refractivity contribution in [2.45, 2.75) is 12.5 Å². The van der Waals surface area contributed by atoms with Crippen molar-refractivity contribution in [2.24, 2.45) is 11.8 Å². The molecule has 1 aromatic rings. The summed E-state index contributed by atoms with van der Waals surface area (Å²) >= 11 is 0. The summed E-state index contributed by atoms with van der Waals surface area (Å²) in [6.45, 7) is 3.96. The molecule has 3 heterocycles. The third-order valence-electron chi connectivity index (χ3n) is 4.83. The first kappa shape index (κ1) is 15.7. The standard InChI is InChI=1S/C17H23N3O4/c21-17(18-8-11-3-4-22-10-11)13-9-19-20-16(13)12-1-2-14-15(7-12)24-6-5-23-14/h1-2,7,11,13,16,19-20H,3-6,8-10H2,(H,18,21). The first-order chi connectivity index (χ1) is 11.8. The van der Waals surface area contributed by atoms with Gasteiger partial charge in [-0.05, 0) is 24.1 Å². The van der Waals surface area contributed by atoms with E-state index in [0.717, 1.165) is 36.7 Å². The fourth-order valence-corrected chi connectivity index (χ4v) is 3.43. The molecule has 3 unspecified atom stereocenters. The fourth-order valence-electron chi connectivity index (χ4n) is 3.43. The molecule has 2 saturated heterocycles. The topological polar surface area (TPSA) is 80.9 Å². The number of hydrazine groups is 1. The monoisotopic (exact) mass is 333 g/mol. The molecule has 0 saturated carbocycles. The van der Waals surface area contributed by atoms with E-state index in [1.807, 2.05) is 18.2 Å². The Morgan fingerprint density at radius 2 is 2.08 bits per heavy atom. The van der Waals surface area contributed by atoms with Gasteiger partial charge >= 0.3 is 0 Å². The Hall–Kier alpha value is -1.83. The molecule has 1 amide bonds. The largest absolute Gasteiger partial charge is 0.486 e. The van der Waals surface area contributed by atoms with Gasteiger partial charge in [0, 0.05) is 25.6 Å². The van der Waals surface area contributed by atoms with Gasteiger partial charge in [0.15, 0.2) is 11.5 Å². The number of carbonyl (C=O) groups is 1. The fraction of sp³-hybridized carbons (Fsp3) is 0.588. The number of benzene rings is 1. The molecule has 4 rings (SSSR count). The zero-order valence-electron chi connectivity index (χ0n) is 13.5. The highest BCUT2D eigenvalue weighted by Crippen LogP contribution is 2.35. The average molecular weight is 333 g/mol. The summed E-state index contributed by atoms with van der Waals surface area (Å²) in [5, 5.41) is 3.07. The van der Waals surface area contributed by atoms with Crippen molar-refractivity contribution < 1.29 is 19.0 Å². The van der Waals surface area contributed by atoms with Gasteiger partial charge in [-0.25, -0.2) is 5.43 Å². The van der Waals surface area contributed by atoms with Crippen LogP contribution in [0.2, 0.25) is 0 Å². The van der Waals surface area contributed by atoms with Crippen molar-refractivity contribution in [1.29, 1.82) is 0 Å². The summed E-state index contributed by atoms with van der Waals surface area (Å²) in [5.74, 6) is 1.85. The first-order valence-corrected chi connectivity index (χ1v) is 8.54. The van der Waals surface area contributed by atoms with Crippen molar-refractivity contribution in [1.82, 2.24) is 16.2 Å². The van der Waals surface area contributed by atoms with Crippen LogP contribution in [0.5, 0.6) is 11.5 Å². The predicted octanol–water partition coefficient (Wildman–Crippen LogP) is 0.376. The molecule has 24 heavy (non-hydrogen) atoms. The normalized spacial score (nSPS) is 28.8. The maximum absolute atomic E-state index is 12.6. The number of hydrogen-bond acceptors (Lipinski definition) is 6. The van der Waals surface area contributed by atoms with Crippen LogP contribution < -0.4 is 25.6 Å². The average Bonchev–Trinajstić information content (AvgIpc) is 3.31. The molecule has 7 heteroatoms. The van der Waals surface area contributed by atoms with Crippen molar-refractivity contribution in [3.63, 3.8) is 0 Å².